The second kappa shape index (κ2) is 8.50. The van der Waals surface area contributed by atoms with Crippen molar-refractivity contribution in [3.05, 3.63) is 35.9 Å². The fourth-order valence-electron chi connectivity index (χ4n) is 1.79. The Kier molecular flexibility index (Phi) is 7.35. The Bertz CT molecular complexity index is 468. The molecule has 1 aromatic carbocycles. The highest BCUT2D eigenvalue weighted by molar-refractivity contribution is 8.56. The highest BCUT2D eigenvalue weighted by Gasteiger charge is 2.33. The molecule has 0 fully saturated rings. The third-order valence-corrected chi connectivity index (χ3v) is 8.03. The fourth-order valence-corrected chi connectivity index (χ4v) is 6.69. The van der Waals surface area contributed by atoms with Crippen LogP contribution in [0.1, 0.15) is 37.6 Å². The van der Waals surface area contributed by atoms with Crippen LogP contribution in [0.5, 0.6) is 0 Å². The molecule has 1 amide bonds. The van der Waals surface area contributed by atoms with E-state index < -0.39 is 6.65 Å². The van der Waals surface area contributed by atoms with Crippen molar-refractivity contribution in [1.29, 1.82) is 0 Å². The first-order chi connectivity index (χ1) is 9.59. The van der Waals surface area contributed by atoms with Crippen LogP contribution in [0.25, 0.3) is 0 Å². The molecule has 0 radical (unpaired) electrons. The largest absolute Gasteiger partial charge is 0.295 e. The lowest BCUT2D eigenvalue weighted by Gasteiger charge is -2.30. The minimum Gasteiger partial charge on any atom is -0.270 e. The summed E-state index contributed by atoms with van der Waals surface area (Å²) in [6, 6.07) is 9.01. The Hall–Kier alpha value is -0.770. The average molecular weight is 314 g/mol. The molecule has 20 heavy (non-hydrogen) atoms. The second-order valence-corrected chi connectivity index (χ2v) is 9.02. The summed E-state index contributed by atoms with van der Waals surface area (Å²) in [7, 11) is 0. The van der Waals surface area contributed by atoms with Crippen LogP contribution in [-0.4, -0.2) is 29.4 Å². The molecule has 6 heteroatoms. The van der Waals surface area contributed by atoms with Crippen molar-refractivity contribution in [1.82, 2.24) is 9.76 Å². The van der Waals surface area contributed by atoms with Crippen molar-refractivity contribution in [2.24, 2.45) is 0 Å². The van der Waals surface area contributed by atoms with E-state index in [2.05, 4.69) is 5.09 Å². The van der Waals surface area contributed by atoms with E-state index >= 15 is 0 Å². The van der Waals surface area contributed by atoms with Gasteiger partial charge in [0.2, 0.25) is 0 Å². The van der Waals surface area contributed by atoms with Gasteiger partial charge in [-0.3, -0.25) is 14.0 Å². The van der Waals surface area contributed by atoms with Gasteiger partial charge in [-0.2, -0.15) is 0 Å². The first kappa shape index (κ1) is 17.3. The SMILES string of the molecule is CCCSP(=O)(NCC)N(CC)C(=O)c1ccccc1. The van der Waals surface area contributed by atoms with E-state index in [1.54, 1.807) is 12.1 Å². The number of nitrogens with one attached hydrogen (secondary N) is 1. The maximum absolute atomic E-state index is 13.1. The molecule has 0 aliphatic heterocycles. The molecule has 4 nitrogen and oxygen atoms in total. The highest BCUT2D eigenvalue weighted by atomic mass is 32.7. The molecule has 0 saturated heterocycles. The van der Waals surface area contributed by atoms with Crippen molar-refractivity contribution < 1.29 is 9.36 Å². The van der Waals surface area contributed by atoms with Crippen molar-refractivity contribution in [2.45, 2.75) is 27.2 Å². The minimum atomic E-state index is -2.92. The van der Waals surface area contributed by atoms with Crippen LogP contribution in [0, 0.1) is 0 Å². The zero-order valence-corrected chi connectivity index (χ0v) is 14.0. The number of nitrogens with zero attached hydrogens (tertiary/aromatic N) is 1. The first-order valence-electron chi connectivity index (χ1n) is 6.96. The summed E-state index contributed by atoms with van der Waals surface area (Å²) in [5, 5.41) is 3.02. The van der Waals surface area contributed by atoms with Crippen LogP contribution >= 0.6 is 18.0 Å². The van der Waals surface area contributed by atoms with E-state index in [1.807, 2.05) is 39.0 Å². The Balaban J connectivity index is 3.01. The third-order valence-electron chi connectivity index (χ3n) is 2.70. The van der Waals surface area contributed by atoms with Crippen molar-refractivity contribution in [3.8, 4) is 0 Å². The summed E-state index contributed by atoms with van der Waals surface area (Å²) in [4.78, 5) is 12.6. The van der Waals surface area contributed by atoms with Gasteiger partial charge in [0.05, 0.1) is 0 Å². The quantitative estimate of drug-likeness (QED) is 0.737. The fraction of sp³-hybridized carbons (Fsp3) is 0.500. The van der Waals surface area contributed by atoms with Crippen LogP contribution in [-0.2, 0) is 4.57 Å². The lowest BCUT2D eigenvalue weighted by Crippen LogP contribution is -2.32. The Morgan fingerprint density at radius 2 is 1.90 bits per heavy atom. The molecule has 0 aliphatic rings. The highest BCUT2D eigenvalue weighted by Crippen LogP contribution is 2.58. The molecule has 0 spiro atoms. The summed E-state index contributed by atoms with van der Waals surface area (Å²) < 4.78 is 14.6. The lowest BCUT2D eigenvalue weighted by atomic mass is 10.2. The smallest absolute Gasteiger partial charge is 0.270 e. The third kappa shape index (κ3) is 4.37. The average Bonchev–Trinajstić information content (AvgIpc) is 2.47. The predicted molar refractivity (Wildman–Crippen MR) is 87.2 cm³/mol. The van der Waals surface area contributed by atoms with Gasteiger partial charge in [-0.15, -0.1) is 0 Å². The summed E-state index contributed by atoms with van der Waals surface area (Å²) in [6.45, 7) is 3.89. The zero-order chi connectivity index (χ0) is 15.0. The summed E-state index contributed by atoms with van der Waals surface area (Å²) in [5.41, 5.74) is 0.574. The molecule has 1 rings (SSSR count). The van der Waals surface area contributed by atoms with Gasteiger partial charge in [0.15, 0.2) is 0 Å². The molecular formula is C14H23N2O2PS. The van der Waals surface area contributed by atoms with Gasteiger partial charge in [-0.05, 0) is 25.5 Å². The number of hydrogen-bond acceptors (Lipinski definition) is 3. The Morgan fingerprint density at radius 1 is 1.25 bits per heavy atom. The normalized spacial score (nSPS) is 13.8. The van der Waals surface area contributed by atoms with Crippen LogP contribution in [0.4, 0.5) is 0 Å². The first-order valence-corrected chi connectivity index (χ1v) is 10.2. The minimum absolute atomic E-state index is 0.180. The van der Waals surface area contributed by atoms with Crippen LogP contribution in [0.15, 0.2) is 30.3 Å². The molecule has 1 N–H and O–H groups in total. The molecule has 0 heterocycles. The van der Waals surface area contributed by atoms with Crippen LogP contribution < -0.4 is 5.09 Å². The molecular weight excluding hydrogens is 291 g/mol. The van der Waals surface area contributed by atoms with Gasteiger partial charge in [0.25, 0.3) is 12.6 Å². The monoisotopic (exact) mass is 314 g/mol. The molecule has 1 atom stereocenters. The van der Waals surface area contributed by atoms with Gasteiger partial charge < -0.3 is 0 Å². The topological polar surface area (TPSA) is 49.4 Å². The second-order valence-electron chi connectivity index (χ2n) is 4.25. The lowest BCUT2D eigenvalue weighted by molar-refractivity contribution is 0.0865. The Morgan fingerprint density at radius 3 is 2.40 bits per heavy atom. The van der Waals surface area contributed by atoms with Crippen molar-refractivity contribution in [3.63, 3.8) is 0 Å². The van der Waals surface area contributed by atoms with Crippen LogP contribution in [0.2, 0.25) is 0 Å². The number of amides is 1. The zero-order valence-electron chi connectivity index (χ0n) is 12.3. The van der Waals surface area contributed by atoms with Gasteiger partial charge in [0.1, 0.15) is 0 Å². The summed E-state index contributed by atoms with van der Waals surface area (Å²) >= 11 is 1.35. The molecule has 0 aliphatic carbocycles. The van der Waals surface area contributed by atoms with Gasteiger partial charge in [-0.25, -0.2) is 5.09 Å². The van der Waals surface area contributed by atoms with Crippen molar-refractivity contribution >= 4 is 23.9 Å². The number of carbonyl (C=O) groups is 1. The Labute approximate surface area is 125 Å². The van der Waals surface area contributed by atoms with E-state index in [0.29, 0.717) is 18.7 Å². The number of rotatable bonds is 8. The number of carbonyl (C=O) groups excluding carboxylic acids is 1. The molecule has 112 valence electrons. The van der Waals surface area contributed by atoms with Gasteiger partial charge >= 0.3 is 0 Å². The van der Waals surface area contributed by atoms with E-state index in [9.17, 15) is 9.36 Å². The standard InChI is InChI=1S/C14H23N2O2PS/c1-4-12-20-19(18,15-5-2)16(6-3)14(17)13-10-8-7-9-11-13/h7-11H,4-6,12H2,1-3H3,(H,15,18). The predicted octanol–water partition coefficient (Wildman–Crippen LogP) is 4.01. The number of hydrogen-bond donors (Lipinski definition) is 1. The maximum atomic E-state index is 13.1. The summed E-state index contributed by atoms with van der Waals surface area (Å²) in [6.07, 6.45) is 0.928. The van der Waals surface area contributed by atoms with E-state index in [-0.39, 0.29) is 5.91 Å². The van der Waals surface area contributed by atoms with Crippen molar-refractivity contribution in [2.75, 3.05) is 18.8 Å². The van der Waals surface area contributed by atoms with Gasteiger partial charge in [-0.1, -0.05) is 43.4 Å². The van der Waals surface area contributed by atoms with E-state index in [4.69, 9.17) is 0 Å². The summed E-state index contributed by atoms with van der Waals surface area (Å²) in [5.74, 6) is 0.587. The molecule has 0 aromatic heterocycles. The molecule has 1 aromatic rings. The van der Waals surface area contributed by atoms with Crippen LogP contribution in [0.3, 0.4) is 0 Å². The maximum Gasteiger partial charge on any atom is 0.295 e. The molecule has 0 bridgehead atoms. The molecule has 1 unspecified atom stereocenters. The van der Waals surface area contributed by atoms with E-state index in [0.717, 1.165) is 12.2 Å². The molecule has 0 saturated carbocycles. The van der Waals surface area contributed by atoms with Gasteiger partial charge in [0, 0.05) is 24.4 Å². The van der Waals surface area contributed by atoms with E-state index in [1.165, 1.54) is 16.1 Å². The number of benzene rings is 1.